The molecule has 0 aliphatic carbocycles. The molecule has 0 bridgehead atoms. The topological polar surface area (TPSA) is 81.8 Å². The van der Waals surface area contributed by atoms with Gasteiger partial charge in [-0.1, -0.05) is 41.7 Å². The average molecular weight is 426 g/mol. The molecule has 0 radical (unpaired) electrons. The molecule has 2 aliphatic heterocycles. The molecule has 1 N–H and O–H groups in total. The molecule has 1 aromatic carbocycles. The molecule has 2 aliphatic rings. The maximum atomic E-state index is 12.8. The first kappa shape index (κ1) is 18.5. The molecule has 29 heavy (non-hydrogen) atoms. The molecular formula is C20H19N5O2S2. The Labute approximate surface area is 175 Å². The number of aryl methyl sites for hydroxylation is 2. The number of nitrogens with zero attached hydrogens (tertiary/aromatic N) is 4. The summed E-state index contributed by atoms with van der Waals surface area (Å²) in [6, 6.07) is 9.03. The summed E-state index contributed by atoms with van der Waals surface area (Å²) in [5, 5.41) is 4.73. The van der Waals surface area contributed by atoms with Gasteiger partial charge in [-0.25, -0.2) is 9.97 Å². The van der Waals surface area contributed by atoms with Crippen molar-refractivity contribution in [2.75, 3.05) is 16.8 Å². The van der Waals surface area contributed by atoms with Gasteiger partial charge in [-0.2, -0.15) is 0 Å². The summed E-state index contributed by atoms with van der Waals surface area (Å²) in [7, 11) is 0. The monoisotopic (exact) mass is 425 g/mol. The fourth-order valence-electron chi connectivity index (χ4n) is 3.68. The van der Waals surface area contributed by atoms with Gasteiger partial charge in [0.1, 0.15) is 0 Å². The van der Waals surface area contributed by atoms with Gasteiger partial charge >= 0.3 is 0 Å². The van der Waals surface area contributed by atoms with Crippen LogP contribution in [0.25, 0.3) is 11.3 Å². The van der Waals surface area contributed by atoms with E-state index in [-0.39, 0.29) is 23.9 Å². The Bertz CT molecular complexity index is 1150. The number of aromatic nitrogens is 4. The second-order valence-electron chi connectivity index (χ2n) is 7.10. The summed E-state index contributed by atoms with van der Waals surface area (Å²) in [6.07, 6.45) is 2.27. The number of imidazole rings is 1. The van der Waals surface area contributed by atoms with Crippen LogP contribution in [-0.2, 0) is 11.3 Å². The lowest BCUT2D eigenvalue weighted by Crippen LogP contribution is -2.27. The quantitative estimate of drug-likeness (QED) is 0.647. The van der Waals surface area contributed by atoms with Crippen LogP contribution in [-0.4, -0.2) is 36.5 Å². The molecule has 7 nitrogen and oxygen atoms in total. The number of hydrogen-bond donors (Lipinski definition) is 1. The fourth-order valence-corrected chi connectivity index (χ4v) is 5.82. The standard InChI is InChI=1S/C20H19N5O2S2/c1-12-8-18(27)25-13(11-29-20(25)21-12)9-17(26)22-15-5-3-2-4-14(15)16-10-24-6-7-28-19(24)23-16/h2-5,8,10,13H,6-7,9,11H2,1H3,(H,22,26)/t13-/m0/s1. The summed E-state index contributed by atoms with van der Waals surface area (Å²) in [6.45, 7) is 2.77. The minimum absolute atomic E-state index is 0.0966. The zero-order chi connectivity index (χ0) is 20.0. The molecule has 4 heterocycles. The Hall–Kier alpha value is -2.52. The highest BCUT2D eigenvalue weighted by Gasteiger charge is 2.27. The van der Waals surface area contributed by atoms with E-state index in [1.54, 1.807) is 16.3 Å². The Kier molecular flexibility index (Phi) is 4.71. The zero-order valence-electron chi connectivity index (χ0n) is 15.8. The van der Waals surface area contributed by atoms with E-state index in [1.807, 2.05) is 37.4 Å². The predicted molar refractivity (Wildman–Crippen MR) is 115 cm³/mol. The van der Waals surface area contributed by atoms with E-state index in [2.05, 4.69) is 14.9 Å². The van der Waals surface area contributed by atoms with Crippen molar-refractivity contribution in [1.82, 2.24) is 19.1 Å². The van der Waals surface area contributed by atoms with E-state index in [1.165, 1.54) is 17.8 Å². The molecule has 2 aromatic heterocycles. The van der Waals surface area contributed by atoms with E-state index in [0.717, 1.165) is 34.4 Å². The van der Waals surface area contributed by atoms with Crippen LogP contribution >= 0.6 is 23.5 Å². The number of hydrogen-bond acceptors (Lipinski definition) is 6. The summed E-state index contributed by atoms with van der Waals surface area (Å²) in [5.74, 6) is 1.60. The highest BCUT2D eigenvalue weighted by atomic mass is 32.2. The lowest BCUT2D eigenvalue weighted by molar-refractivity contribution is -0.116. The van der Waals surface area contributed by atoms with E-state index in [0.29, 0.717) is 16.6 Å². The number of carbonyl (C=O) groups is 1. The molecule has 0 spiro atoms. The summed E-state index contributed by atoms with van der Waals surface area (Å²) in [4.78, 5) is 34.3. The van der Waals surface area contributed by atoms with Crippen LogP contribution in [0.5, 0.6) is 0 Å². The molecule has 1 atom stereocenters. The highest BCUT2D eigenvalue weighted by Crippen LogP contribution is 2.34. The summed E-state index contributed by atoms with van der Waals surface area (Å²) in [5.41, 5.74) is 3.11. The molecular weight excluding hydrogens is 406 g/mol. The fraction of sp³-hybridized carbons (Fsp3) is 0.300. The molecule has 9 heteroatoms. The number of carbonyl (C=O) groups excluding carboxylic acids is 1. The first-order valence-corrected chi connectivity index (χ1v) is 11.4. The van der Waals surface area contributed by atoms with Gasteiger partial charge in [0.2, 0.25) is 5.91 Å². The third kappa shape index (κ3) is 3.49. The maximum Gasteiger partial charge on any atom is 0.254 e. The number of anilines is 1. The largest absolute Gasteiger partial charge is 0.325 e. The van der Waals surface area contributed by atoms with E-state index in [9.17, 15) is 9.59 Å². The minimum Gasteiger partial charge on any atom is -0.325 e. The van der Waals surface area contributed by atoms with Crippen molar-refractivity contribution >= 4 is 35.1 Å². The lowest BCUT2D eigenvalue weighted by Gasteiger charge is -2.14. The number of para-hydroxylation sites is 1. The van der Waals surface area contributed by atoms with Crippen LogP contribution in [0.1, 0.15) is 18.2 Å². The SMILES string of the molecule is Cc1cc(=O)n2c(n1)SC[C@@H]2CC(=O)Nc1ccccc1-c1cn2c(n1)SCC2. The average Bonchev–Trinajstić information content (AvgIpc) is 3.37. The van der Waals surface area contributed by atoms with Gasteiger partial charge in [-0.3, -0.25) is 14.2 Å². The van der Waals surface area contributed by atoms with Gasteiger partial charge in [-0.05, 0) is 13.0 Å². The Morgan fingerprint density at radius 1 is 1.24 bits per heavy atom. The van der Waals surface area contributed by atoms with Gasteiger partial charge < -0.3 is 9.88 Å². The number of nitrogens with one attached hydrogen (secondary N) is 1. The predicted octanol–water partition coefficient (Wildman–Crippen LogP) is 3.20. The van der Waals surface area contributed by atoms with Crippen molar-refractivity contribution in [2.24, 2.45) is 0 Å². The number of fused-ring (bicyclic) bond motifs is 2. The minimum atomic E-state index is -0.185. The van der Waals surface area contributed by atoms with Gasteiger partial charge in [0.25, 0.3) is 5.56 Å². The first-order chi connectivity index (χ1) is 14.1. The van der Waals surface area contributed by atoms with Gasteiger partial charge in [-0.15, -0.1) is 0 Å². The second-order valence-corrected chi connectivity index (χ2v) is 9.15. The molecule has 0 saturated heterocycles. The summed E-state index contributed by atoms with van der Waals surface area (Å²) < 4.78 is 3.78. The highest BCUT2D eigenvalue weighted by molar-refractivity contribution is 7.99. The smallest absolute Gasteiger partial charge is 0.254 e. The van der Waals surface area contributed by atoms with E-state index in [4.69, 9.17) is 4.98 Å². The van der Waals surface area contributed by atoms with Crippen molar-refractivity contribution in [1.29, 1.82) is 0 Å². The van der Waals surface area contributed by atoms with Gasteiger partial charge in [0.15, 0.2) is 10.3 Å². The van der Waals surface area contributed by atoms with Crippen LogP contribution < -0.4 is 10.9 Å². The summed E-state index contributed by atoms with van der Waals surface area (Å²) >= 11 is 3.27. The van der Waals surface area contributed by atoms with Crippen LogP contribution in [0, 0.1) is 6.92 Å². The van der Waals surface area contributed by atoms with Crippen LogP contribution in [0.2, 0.25) is 0 Å². The zero-order valence-corrected chi connectivity index (χ0v) is 17.4. The number of benzene rings is 1. The molecule has 0 unspecified atom stereocenters. The number of amides is 1. The number of thioether (sulfide) groups is 2. The molecule has 3 aromatic rings. The van der Waals surface area contributed by atoms with Crippen LogP contribution in [0.3, 0.4) is 0 Å². The lowest BCUT2D eigenvalue weighted by atomic mass is 10.1. The molecule has 0 fully saturated rings. The van der Waals surface area contributed by atoms with Crippen molar-refractivity contribution in [3.05, 3.63) is 52.6 Å². The van der Waals surface area contributed by atoms with E-state index >= 15 is 0 Å². The van der Waals surface area contributed by atoms with Gasteiger partial charge in [0.05, 0.1) is 17.4 Å². The number of rotatable bonds is 4. The third-order valence-electron chi connectivity index (χ3n) is 5.02. The normalized spacial score (nSPS) is 17.2. The van der Waals surface area contributed by atoms with Crippen molar-refractivity contribution in [2.45, 2.75) is 36.2 Å². The third-order valence-corrected chi connectivity index (χ3v) is 7.09. The molecule has 148 valence electrons. The van der Waals surface area contributed by atoms with Crippen molar-refractivity contribution < 1.29 is 4.79 Å². The van der Waals surface area contributed by atoms with Gasteiger partial charge in [0, 0.05) is 48.0 Å². The Balaban J connectivity index is 1.36. The second kappa shape index (κ2) is 7.38. The first-order valence-electron chi connectivity index (χ1n) is 9.41. The van der Waals surface area contributed by atoms with Crippen LogP contribution in [0.4, 0.5) is 5.69 Å². The molecule has 1 amide bonds. The van der Waals surface area contributed by atoms with E-state index < -0.39 is 0 Å². The Morgan fingerprint density at radius 3 is 2.97 bits per heavy atom. The molecule has 0 saturated carbocycles. The Morgan fingerprint density at radius 2 is 2.10 bits per heavy atom. The van der Waals surface area contributed by atoms with Crippen LogP contribution in [0.15, 0.2) is 51.6 Å². The molecule has 5 rings (SSSR count). The van der Waals surface area contributed by atoms with Crippen molar-refractivity contribution in [3.8, 4) is 11.3 Å². The van der Waals surface area contributed by atoms with Crippen molar-refractivity contribution in [3.63, 3.8) is 0 Å². The maximum absolute atomic E-state index is 12.8.